The van der Waals surface area contributed by atoms with Crippen molar-refractivity contribution in [2.75, 3.05) is 13.1 Å². The molecule has 1 aliphatic rings. The molecule has 108 valence electrons. The molecule has 2 N–H and O–H groups in total. The van der Waals surface area contributed by atoms with E-state index in [4.69, 9.17) is 5.73 Å². The number of nitrogens with zero attached hydrogens (tertiary/aromatic N) is 2. The zero-order chi connectivity index (χ0) is 14.7. The predicted molar refractivity (Wildman–Crippen MR) is 81.4 cm³/mol. The van der Waals surface area contributed by atoms with E-state index < -0.39 is 0 Å². The second-order valence-electron chi connectivity index (χ2n) is 5.55. The minimum absolute atomic E-state index is 0.0902. The number of carbonyl (C=O) groups is 1. The lowest BCUT2D eigenvalue weighted by molar-refractivity contribution is -0.121. The van der Waals surface area contributed by atoms with E-state index in [-0.39, 0.29) is 17.7 Å². The van der Waals surface area contributed by atoms with Gasteiger partial charge in [0.15, 0.2) is 0 Å². The monoisotopic (exact) mass is 281 g/mol. The Morgan fingerprint density at radius 1 is 1.14 bits per heavy atom. The third-order valence-electron chi connectivity index (χ3n) is 4.08. The molecule has 1 aromatic heterocycles. The summed E-state index contributed by atoms with van der Waals surface area (Å²) < 4.78 is 0. The summed E-state index contributed by atoms with van der Waals surface area (Å²) in [6.45, 7) is 2.36. The number of hydrogen-bond acceptors (Lipinski definition) is 3. The molecule has 0 spiro atoms. The zero-order valence-corrected chi connectivity index (χ0v) is 11.9. The molecule has 21 heavy (non-hydrogen) atoms. The SMILES string of the molecule is NC(=O)[C@@H]1CN(Cc2ccccc2)C[C@H]1c1ccccn1. The van der Waals surface area contributed by atoms with Crippen LogP contribution < -0.4 is 5.73 Å². The Labute approximate surface area is 124 Å². The summed E-state index contributed by atoms with van der Waals surface area (Å²) in [5.74, 6) is -0.308. The Hall–Kier alpha value is -2.20. The van der Waals surface area contributed by atoms with E-state index in [2.05, 4.69) is 22.0 Å². The highest BCUT2D eigenvalue weighted by molar-refractivity contribution is 5.78. The van der Waals surface area contributed by atoms with Crippen LogP contribution in [0.4, 0.5) is 0 Å². The lowest BCUT2D eigenvalue weighted by Gasteiger charge is -2.15. The maximum Gasteiger partial charge on any atom is 0.222 e. The summed E-state index contributed by atoms with van der Waals surface area (Å²) in [5.41, 5.74) is 7.80. The van der Waals surface area contributed by atoms with E-state index >= 15 is 0 Å². The van der Waals surface area contributed by atoms with Crippen LogP contribution in [0.1, 0.15) is 17.2 Å². The van der Waals surface area contributed by atoms with Crippen molar-refractivity contribution in [1.82, 2.24) is 9.88 Å². The molecule has 1 saturated heterocycles. The first-order valence-corrected chi connectivity index (χ1v) is 7.20. The van der Waals surface area contributed by atoms with Crippen LogP contribution in [-0.2, 0) is 11.3 Å². The molecule has 4 heteroatoms. The normalized spacial score (nSPS) is 22.3. The van der Waals surface area contributed by atoms with E-state index in [9.17, 15) is 4.79 Å². The lowest BCUT2D eigenvalue weighted by Crippen LogP contribution is -2.29. The standard InChI is InChI=1S/C17H19N3O/c18-17(21)15-12-20(10-13-6-2-1-3-7-13)11-14(15)16-8-4-5-9-19-16/h1-9,14-15H,10-12H2,(H2,18,21)/t14-,15-/m1/s1. The van der Waals surface area contributed by atoms with Gasteiger partial charge >= 0.3 is 0 Å². The van der Waals surface area contributed by atoms with E-state index in [1.54, 1.807) is 6.20 Å². The highest BCUT2D eigenvalue weighted by Gasteiger charge is 2.37. The molecule has 0 aliphatic carbocycles. The average Bonchev–Trinajstić information content (AvgIpc) is 2.93. The summed E-state index contributed by atoms with van der Waals surface area (Å²) in [6, 6.07) is 16.1. The zero-order valence-electron chi connectivity index (χ0n) is 11.9. The number of carbonyl (C=O) groups excluding carboxylic acids is 1. The first-order chi connectivity index (χ1) is 10.2. The fourth-order valence-corrected chi connectivity index (χ4v) is 3.04. The second-order valence-corrected chi connectivity index (χ2v) is 5.55. The minimum Gasteiger partial charge on any atom is -0.369 e. The topological polar surface area (TPSA) is 59.2 Å². The van der Waals surface area contributed by atoms with E-state index in [1.807, 2.05) is 36.4 Å². The van der Waals surface area contributed by atoms with Crippen LogP contribution in [0.25, 0.3) is 0 Å². The molecule has 0 radical (unpaired) electrons. The van der Waals surface area contributed by atoms with Crippen LogP contribution in [0.3, 0.4) is 0 Å². The number of amides is 1. The largest absolute Gasteiger partial charge is 0.369 e. The maximum absolute atomic E-state index is 11.8. The first-order valence-electron chi connectivity index (χ1n) is 7.20. The molecule has 2 aromatic rings. The van der Waals surface area contributed by atoms with E-state index in [0.29, 0.717) is 6.54 Å². The molecule has 1 aromatic carbocycles. The van der Waals surface area contributed by atoms with Crippen molar-refractivity contribution >= 4 is 5.91 Å². The van der Waals surface area contributed by atoms with Gasteiger partial charge in [-0.2, -0.15) is 0 Å². The van der Waals surface area contributed by atoms with Gasteiger partial charge in [-0.05, 0) is 17.7 Å². The summed E-state index contributed by atoms with van der Waals surface area (Å²) in [7, 11) is 0. The number of hydrogen-bond donors (Lipinski definition) is 1. The summed E-state index contributed by atoms with van der Waals surface area (Å²) in [4.78, 5) is 18.4. The quantitative estimate of drug-likeness (QED) is 0.929. The van der Waals surface area contributed by atoms with Gasteiger partial charge in [0, 0.05) is 37.4 Å². The Kier molecular flexibility index (Phi) is 3.97. The van der Waals surface area contributed by atoms with Gasteiger partial charge in [0.1, 0.15) is 0 Å². The lowest BCUT2D eigenvalue weighted by atomic mass is 9.92. The summed E-state index contributed by atoms with van der Waals surface area (Å²) >= 11 is 0. The summed E-state index contributed by atoms with van der Waals surface area (Å²) in [5, 5.41) is 0. The second kappa shape index (κ2) is 6.06. The maximum atomic E-state index is 11.8. The minimum atomic E-state index is -0.235. The molecule has 0 unspecified atom stereocenters. The Balaban J connectivity index is 1.77. The van der Waals surface area contributed by atoms with Crippen LogP contribution in [-0.4, -0.2) is 28.9 Å². The predicted octanol–water partition coefficient (Wildman–Crippen LogP) is 1.78. The number of pyridine rings is 1. The molecular weight excluding hydrogens is 262 g/mol. The van der Waals surface area contributed by atoms with Crippen LogP contribution in [0, 0.1) is 5.92 Å². The first kappa shape index (κ1) is 13.8. The molecule has 1 aliphatic heterocycles. The smallest absolute Gasteiger partial charge is 0.222 e. The fraction of sp³-hybridized carbons (Fsp3) is 0.294. The van der Waals surface area contributed by atoms with E-state index in [0.717, 1.165) is 18.8 Å². The number of aromatic nitrogens is 1. The van der Waals surface area contributed by atoms with Crippen molar-refractivity contribution in [1.29, 1.82) is 0 Å². The Morgan fingerprint density at radius 3 is 2.57 bits per heavy atom. The Bertz CT molecular complexity index is 600. The third kappa shape index (κ3) is 3.11. The number of rotatable bonds is 4. The van der Waals surface area contributed by atoms with Gasteiger partial charge in [-0.3, -0.25) is 14.7 Å². The molecule has 1 amide bonds. The van der Waals surface area contributed by atoms with Gasteiger partial charge in [-0.15, -0.1) is 0 Å². The van der Waals surface area contributed by atoms with Gasteiger partial charge in [0.2, 0.25) is 5.91 Å². The molecule has 0 bridgehead atoms. The van der Waals surface area contributed by atoms with Gasteiger partial charge in [-0.25, -0.2) is 0 Å². The number of primary amides is 1. The van der Waals surface area contributed by atoms with Crippen molar-refractivity contribution in [3.05, 3.63) is 66.0 Å². The van der Waals surface area contributed by atoms with Crippen molar-refractivity contribution in [3.63, 3.8) is 0 Å². The van der Waals surface area contributed by atoms with Gasteiger partial charge in [0.05, 0.1) is 5.92 Å². The molecule has 0 saturated carbocycles. The van der Waals surface area contributed by atoms with Crippen molar-refractivity contribution in [3.8, 4) is 0 Å². The van der Waals surface area contributed by atoms with Crippen molar-refractivity contribution in [2.45, 2.75) is 12.5 Å². The number of likely N-dealkylation sites (tertiary alicyclic amines) is 1. The third-order valence-corrected chi connectivity index (χ3v) is 4.08. The molecule has 2 atom stereocenters. The highest BCUT2D eigenvalue weighted by atomic mass is 16.1. The Morgan fingerprint density at radius 2 is 1.90 bits per heavy atom. The molecular formula is C17H19N3O. The van der Waals surface area contributed by atoms with Crippen LogP contribution in [0.2, 0.25) is 0 Å². The van der Waals surface area contributed by atoms with Crippen LogP contribution in [0.5, 0.6) is 0 Å². The van der Waals surface area contributed by atoms with Crippen molar-refractivity contribution < 1.29 is 4.79 Å². The highest BCUT2D eigenvalue weighted by Crippen LogP contribution is 2.32. The van der Waals surface area contributed by atoms with Gasteiger partial charge in [-0.1, -0.05) is 36.4 Å². The average molecular weight is 281 g/mol. The fourth-order valence-electron chi connectivity index (χ4n) is 3.04. The van der Waals surface area contributed by atoms with Crippen LogP contribution >= 0.6 is 0 Å². The molecule has 1 fully saturated rings. The summed E-state index contributed by atoms with van der Waals surface area (Å²) in [6.07, 6.45) is 1.77. The van der Waals surface area contributed by atoms with Gasteiger partial charge < -0.3 is 5.73 Å². The number of benzene rings is 1. The number of nitrogens with two attached hydrogens (primary N) is 1. The van der Waals surface area contributed by atoms with Crippen molar-refractivity contribution in [2.24, 2.45) is 11.7 Å². The molecule has 3 rings (SSSR count). The van der Waals surface area contributed by atoms with Crippen LogP contribution in [0.15, 0.2) is 54.7 Å². The molecule has 2 heterocycles. The van der Waals surface area contributed by atoms with Gasteiger partial charge in [0.25, 0.3) is 0 Å². The van der Waals surface area contributed by atoms with E-state index in [1.165, 1.54) is 5.56 Å². The molecule has 4 nitrogen and oxygen atoms in total.